The van der Waals surface area contributed by atoms with Crippen LogP contribution in [-0.4, -0.2) is 44.6 Å². The van der Waals surface area contributed by atoms with E-state index in [0.717, 1.165) is 11.8 Å². The minimum atomic E-state index is -3.37. The lowest BCUT2D eigenvalue weighted by Gasteiger charge is -2.20. The van der Waals surface area contributed by atoms with Gasteiger partial charge in [0.2, 0.25) is 10.0 Å². The Bertz CT molecular complexity index is 764. The molecule has 0 aromatic heterocycles. The maximum Gasteiger partial charge on any atom is 0.257 e. The second kappa shape index (κ2) is 9.19. The lowest BCUT2D eigenvalue weighted by atomic mass is 10.2. The summed E-state index contributed by atoms with van der Waals surface area (Å²) in [5.74, 6) is 0.316. The molecular formula is C18H22N2O4S. The molecule has 0 atom stereocenters. The number of para-hydroxylation sites is 1. The van der Waals surface area contributed by atoms with Gasteiger partial charge in [-0.2, -0.15) is 4.31 Å². The maximum absolute atomic E-state index is 11.9. The van der Waals surface area contributed by atoms with Crippen molar-refractivity contribution in [2.24, 2.45) is 0 Å². The Kier molecular flexibility index (Phi) is 6.97. The summed E-state index contributed by atoms with van der Waals surface area (Å²) in [6.45, 7) is 0.583. The van der Waals surface area contributed by atoms with Crippen LogP contribution in [0.4, 0.5) is 0 Å². The topological polar surface area (TPSA) is 75.7 Å². The van der Waals surface area contributed by atoms with Gasteiger partial charge in [0.1, 0.15) is 5.75 Å². The first-order valence-electron chi connectivity index (χ1n) is 7.89. The van der Waals surface area contributed by atoms with Crippen LogP contribution in [-0.2, 0) is 21.4 Å². The molecule has 6 nitrogen and oxygen atoms in total. The van der Waals surface area contributed by atoms with Gasteiger partial charge in [-0.05, 0) is 17.7 Å². The smallest absolute Gasteiger partial charge is 0.257 e. The van der Waals surface area contributed by atoms with Gasteiger partial charge in [0.05, 0.1) is 6.26 Å². The largest absolute Gasteiger partial charge is 0.484 e. The Hall–Kier alpha value is -2.38. The van der Waals surface area contributed by atoms with E-state index in [1.165, 1.54) is 4.31 Å². The minimum Gasteiger partial charge on any atom is -0.484 e. The summed E-state index contributed by atoms with van der Waals surface area (Å²) in [5, 5.41) is 2.67. The van der Waals surface area contributed by atoms with Crippen LogP contribution in [0.5, 0.6) is 5.75 Å². The Balaban J connectivity index is 1.79. The van der Waals surface area contributed by atoms with Gasteiger partial charge in [0.25, 0.3) is 5.91 Å². The van der Waals surface area contributed by atoms with E-state index in [1.807, 2.05) is 48.5 Å². The summed E-state index contributed by atoms with van der Waals surface area (Å²) < 4.78 is 30.5. The fraction of sp³-hybridized carbons (Fsp3) is 0.278. The number of hydrogen-bond donors (Lipinski definition) is 1. The number of ether oxygens (including phenoxy) is 1. The van der Waals surface area contributed by atoms with E-state index in [-0.39, 0.29) is 32.1 Å². The number of amides is 1. The van der Waals surface area contributed by atoms with E-state index >= 15 is 0 Å². The third-order valence-corrected chi connectivity index (χ3v) is 4.72. The fourth-order valence-corrected chi connectivity index (χ4v) is 2.99. The lowest BCUT2D eigenvalue weighted by molar-refractivity contribution is -0.123. The van der Waals surface area contributed by atoms with Crippen molar-refractivity contribution < 1.29 is 17.9 Å². The Morgan fingerprint density at radius 1 is 1.04 bits per heavy atom. The van der Waals surface area contributed by atoms with Crippen molar-refractivity contribution in [1.29, 1.82) is 0 Å². The molecule has 2 rings (SSSR count). The molecular weight excluding hydrogens is 340 g/mol. The second-order valence-corrected chi connectivity index (χ2v) is 7.52. The first kappa shape index (κ1) is 19.0. The zero-order valence-electron chi connectivity index (χ0n) is 14.1. The third kappa shape index (κ3) is 6.94. The lowest BCUT2D eigenvalue weighted by Crippen LogP contribution is -2.39. The summed E-state index contributed by atoms with van der Waals surface area (Å²) in [5.41, 5.74) is 0.895. The van der Waals surface area contributed by atoms with Crippen LogP contribution in [0.25, 0.3) is 0 Å². The minimum absolute atomic E-state index is 0.110. The van der Waals surface area contributed by atoms with E-state index in [9.17, 15) is 13.2 Å². The van der Waals surface area contributed by atoms with Gasteiger partial charge in [0, 0.05) is 19.6 Å². The van der Waals surface area contributed by atoms with Crippen molar-refractivity contribution in [2.75, 3.05) is 26.0 Å². The van der Waals surface area contributed by atoms with Crippen molar-refractivity contribution in [1.82, 2.24) is 9.62 Å². The summed E-state index contributed by atoms with van der Waals surface area (Å²) in [6, 6.07) is 18.4. The van der Waals surface area contributed by atoms with E-state index in [1.54, 1.807) is 12.1 Å². The van der Waals surface area contributed by atoms with Crippen molar-refractivity contribution in [3.8, 4) is 5.75 Å². The summed E-state index contributed by atoms with van der Waals surface area (Å²) >= 11 is 0. The fourth-order valence-electron chi connectivity index (χ4n) is 2.19. The Labute approximate surface area is 148 Å². The van der Waals surface area contributed by atoms with E-state index in [2.05, 4.69) is 5.32 Å². The highest BCUT2D eigenvalue weighted by molar-refractivity contribution is 7.88. The van der Waals surface area contributed by atoms with E-state index in [4.69, 9.17) is 4.74 Å². The number of nitrogens with one attached hydrogen (secondary N) is 1. The van der Waals surface area contributed by atoms with Gasteiger partial charge in [-0.25, -0.2) is 8.42 Å². The highest BCUT2D eigenvalue weighted by atomic mass is 32.2. The summed E-state index contributed by atoms with van der Waals surface area (Å²) in [6.07, 6.45) is 1.16. The molecule has 0 aliphatic carbocycles. The molecule has 0 radical (unpaired) electrons. The molecule has 1 N–H and O–H groups in total. The van der Waals surface area contributed by atoms with Gasteiger partial charge in [-0.1, -0.05) is 48.5 Å². The van der Waals surface area contributed by atoms with Gasteiger partial charge >= 0.3 is 0 Å². The number of nitrogens with zero attached hydrogens (tertiary/aromatic N) is 1. The molecule has 2 aromatic rings. The highest BCUT2D eigenvalue weighted by Crippen LogP contribution is 2.08. The zero-order chi connectivity index (χ0) is 18.1. The molecule has 0 heterocycles. The average molecular weight is 362 g/mol. The molecule has 0 spiro atoms. The first-order valence-corrected chi connectivity index (χ1v) is 9.73. The molecule has 1 amide bonds. The average Bonchev–Trinajstić information content (AvgIpc) is 2.60. The molecule has 0 aliphatic rings. The third-order valence-electron chi connectivity index (χ3n) is 3.47. The van der Waals surface area contributed by atoms with Gasteiger partial charge in [-0.15, -0.1) is 0 Å². The summed E-state index contributed by atoms with van der Waals surface area (Å²) in [4.78, 5) is 11.8. The normalized spacial score (nSPS) is 11.3. The molecule has 0 saturated heterocycles. The first-order chi connectivity index (χ1) is 11.9. The zero-order valence-corrected chi connectivity index (χ0v) is 14.9. The molecule has 134 valence electrons. The number of benzene rings is 2. The quantitative estimate of drug-likeness (QED) is 0.736. The SMILES string of the molecule is CS(=O)(=O)N(CCNC(=O)COc1ccccc1)Cc1ccccc1. The molecule has 7 heteroatoms. The number of hydrogen-bond acceptors (Lipinski definition) is 4. The van der Waals surface area contributed by atoms with E-state index in [0.29, 0.717) is 5.75 Å². The highest BCUT2D eigenvalue weighted by Gasteiger charge is 2.17. The maximum atomic E-state index is 11.9. The molecule has 0 bridgehead atoms. The molecule has 0 saturated carbocycles. The molecule has 25 heavy (non-hydrogen) atoms. The van der Waals surface area contributed by atoms with Crippen molar-refractivity contribution in [2.45, 2.75) is 6.54 Å². The molecule has 2 aromatic carbocycles. The Morgan fingerprint density at radius 2 is 1.64 bits per heavy atom. The number of carbonyl (C=O) groups excluding carboxylic acids is 1. The van der Waals surface area contributed by atoms with Crippen LogP contribution in [0.2, 0.25) is 0 Å². The number of rotatable bonds is 9. The van der Waals surface area contributed by atoms with Crippen LogP contribution < -0.4 is 10.1 Å². The van der Waals surface area contributed by atoms with Crippen LogP contribution >= 0.6 is 0 Å². The number of carbonyl (C=O) groups is 1. The van der Waals surface area contributed by atoms with Gasteiger partial charge < -0.3 is 10.1 Å². The molecule has 0 aliphatic heterocycles. The summed E-state index contributed by atoms with van der Waals surface area (Å²) in [7, 11) is -3.37. The Morgan fingerprint density at radius 3 is 2.24 bits per heavy atom. The van der Waals surface area contributed by atoms with Crippen molar-refractivity contribution >= 4 is 15.9 Å². The standard InChI is InChI=1S/C18H22N2O4S/c1-25(22,23)20(14-16-8-4-2-5-9-16)13-12-19-18(21)15-24-17-10-6-3-7-11-17/h2-11H,12-15H2,1H3,(H,19,21). The molecule has 0 unspecified atom stereocenters. The van der Waals surface area contributed by atoms with Gasteiger partial charge in [0.15, 0.2) is 6.61 Å². The predicted molar refractivity (Wildman–Crippen MR) is 96.6 cm³/mol. The van der Waals surface area contributed by atoms with Crippen LogP contribution in [0.15, 0.2) is 60.7 Å². The van der Waals surface area contributed by atoms with Crippen molar-refractivity contribution in [3.05, 3.63) is 66.2 Å². The van der Waals surface area contributed by atoms with Crippen LogP contribution in [0.3, 0.4) is 0 Å². The van der Waals surface area contributed by atoms with Crippen LogP contribution in [0.1, 0.15) is 5.56 Å². The van der Waals surface area contributed by atoms with Crippen LogP contribution in [0, 0.1) is 0 Å². The van der Waals surface area contributed by atoms with Crippen molar-refractivity contribution in [3.63, 3.8) is 0 Å². The second-order valence-electron chi connectivity index (χ2n) is 5.53. The number of sulfonamides is 1. The predicted octanol–water partition coefficient (Wildman–Crippen LogP) is 1.64. The van der Waals surface area contributed by atoms with Gasteiger partial charge in [-0.3, -0.25) is 4.79 Å². The molecule has 0 fully saturated rings. The van der Waals surface area contributed by atoms with E-state index < -0.39 is 10.0 Å². The monoisotopic (exact) mass is 362 g/mol.